The van der Waals surface area contributed by atoms with Gasteiger partial charge in [0, 0.05) is 19.1 Å². The van der Waals surface area contributed by atoms with Crippen LogP contribution in [0.4, 0.5) is 0 Å². The molecule has 3 rings (SSSR count). The van der Waals surface area contributed by atoms with Crippen LogP contribution in [0.5, 0.6) is 0 Å². The van der Waals surface area contributed by atoms with Crippen LogP contribution in [0.1, 0.15) is 38.2 Å². The molecule has 1 aliphatic heterocycles. The van der Waals surface area contributed by atoms with Gasteiger partial charge in [-0.25, -0.2) is 12.7 Å². The topological polar surface area (TPSA) is 66.5 Å². The summed E-state index contributed by atoms with van der Waals surface area (Å²) in [6.45, 7) is 2.47. The molecule has 1 saturated carbocycles. The molecule has 1 amide bonds. The Balaban J connectivity index is 1.85. The summed E-state index contributed by atoms with van der Waals surface area (Å²) in [7, 11) is -3.19. The van der Waals surface area contributed by atoms with Crippen molar-refractivity contribution in [2.45, 2.75) is 44.1 Å². The minimum Gasteiger partial charge on any atom is -0.353 e. The van der Waals surface area contributed by atoms with Crippen LogP contribution in [0.15, 0.2) is 30.3 Å². The summed E-state index contributed by atoms with van der Waals surface area (Å²) in [5.74, 6) is 0.166. The standard InChI is InChI=1S/C17H24N2O3S/c1-2-23(21,22)19-12-10-17(11-13-19,14-6-4-3-5-7-14)16(20)18-15-8-9-15/h3-7,15H,2,8-13H2,1H3,(H,18,20). The number of hydrogen-bond acceptors (Lipinski definition) is 3. The molecule has 1 heterocycles. The molecular weight excluding hydrogens is 312 g/mol. The molecule has 126 valence electrons. The molecule has 5 nitrogen and oxygen atoms in total. The zero-order chi connectivity index (χ0) is 16.5. The third-order valence-corrected chi connectivity index (χ3v) is 6.89. The lowest BCUT2D eigenvalue weighted by atomic mass is 9.72. The molecule has 23 heavy (non-hydrogen) atoms. The van der Waals surface area contributed by atoms with Crippen LogP contribution in [0.25, 0.3) is 0 Å². The van der Waals surface area contributed by atoms with Crippen molar-refractivity contribution in [2.75, 3.05) is 18.8 Å². The van der Waals surface area contributed by atoms with Gasteiger partial charge in [0.2, 0.25) is 15.9 Å². The summed E-state index contributed by atoms with van der Waals surface area (Å²) in [5.41, 5.74) is 0.385. The smallest absolute Gasteiger partial charge is 0.230 e. The molecule has 1 aliphatic carbocycles. The number of carbonyl (C=O) groups excluding carboxylic acids is 1. The lowest BCUT2D eigenvalue weighted by molar-refractivity contribution is -0.128. The Morgan fingerprint density at radius 2 is 1.83 bits per heavy atom. The Labute approximate surface area is 138 Å². The first-order valence-corrected chi connectivity index (χ1v) is 9.93. The number of benzene rings is 1. The Morgan fingerprint density at radius 1 is 1.22 bits per heavy atom. The van der Waals surface area contributed by atoms with E-state index >= 15 is 0 Å². The van der Waals surface area contributed by atoms with Gasteiger partial charge in [-0.05, 0) is 38.2 Å². The van der Waals surface area contributed by atoms with Gasteiger partial charge in [0.25, 0.3) is 0 Å². The van der Waals surface area contributed by atoms with Gasteiger partial charge in [-0.15, -0.1) is 0 Å². The largest absolute Gasteiger partial charge is 0.353 e. The van der Waals surface area contributed by atoms with Crippen LogP contribution >= 0.6 is 0 Å². The van der Waals surface area contributed by atoms with E-state index in [0.717, 1.165) is 18.4 Å². The minimum absolute atomic E-state index is 0.0553. The van der Waals surface area contributed by atoms with Crippen LogP contribution in [0.3, 0.4) is 0 Å². The lowest BCUT2D eigenvalue weighted by Gasteiger charge is -2.40. The van der Waals surface area contributed by atoms with Gasteiger partial charge >= 0.3 is 0 Å². The highest BCUT2D eigenvalue weighted by Gasteiger charge is 2.45. The SMILES string of the molecule is CCS(=O)(=O)N1CCC(C(=O)NC2CC2)(c2ccccc2)CC1. The summed E-state index contributed by atoms with van der Waals surface area (Å²) in [4.78, 5) is 12.9. The van der Waals surface area contributed by atoms with Gasteiger partial charge in [-0.1, -0.05) is 30.3 Å². The van der Waals surface area contributed by atoms with Crippen molar-refractivity contribution in [3.63, 3.8) is 0 Å². The van der Waals surface area contributed by atoms with Gasteiger partial charge < -0.3 is 5.32 Å². The van der Waals surface area contributed by atoms with E-state index in [2.05, 4.69) is 5.32 Å². The summed E-state index contributed by atoms with van der Waals surface area (Å²) in [5, 5.41) is 3.12. The second kappa shape index (κ2) is 6.24. The number of amides is 1. The molecule has 0 atom stereocenters. The Bertz CT molecular complexity index is 660. The second-order valence-electron chi connectivity index (χ2n) is 6.50. The highest BCUT2D eigenvalue weighted by atomic mass is 32.2. The summed E-state index contributed by atoms with van der Waals surface area (Å²) in [6.07, 6.45) is 3.17. The van der Waals surface area contributed by atoms with Gasteiger partial charge in [-0.2, -0.15) is 0 Å². The first-order valence-electron chi connectivity index (χ1n) is 8.32. The average Bonchev–Trinajstić information content (AvgIpc) is 3.39. The maximum Gasteiger partial charge on any atom is 0.230 e. The van der Waals surface area contributed by atoms with Crippen molar-refractivity contribution in [3.8, 4) is 0 Å². The highest BCUT2D eigenvalue weighted by molar-refractivity contribution is 7.89. The van der Waals surface area contributed by atoms with Crippen LogP contribution in [-0.2, 0) is 20.2 Å². The van der Waals surface area contributed by atoms with E-state index in [0.29, 0.717) is 32.0 Å². The van der Waals surface area contributed by atoms with Crippen molar-refractivity contribution in [3.05, 3.63) is 35.9 Å². The highest BCUT2D eigenvalue weighted by Crippen LogP contribution is 2.37. The number of rotatable bonds is 5. The third-order valence-electron chi connectivity index (χ3n) is 5.01. The van der Waals surface area contributed by atoms with Crippen molar-refractivity contribution in [1.82, 2.24) is 9.62 Å². The summed E-state index contributed by atoms with van der Waals surface area (Å²) < 4.78 is 25.7. The molecule has 0 unspecified atom stereocenters. The van der Waals surface area contributed by atoms with Crippen molar-refractivity contribution in [2.24, 2.45) is 0 Å². The van der Waals surface area contributed by atoms with E-state index in [-0.39, 0.29) is 11.7 Å². The molecule has 0 aromatic heterocycles. The quantitative estimate of drug-likeness (QED) is 0.889. The van der Waals surface area contributed by atoms with Gasteiger partial charge in [0.1, 0.15) is 0 Å². The maximum absolute atomic E-state index is 12.9. The number of hydrogen-bond donors (Lipinski definition) is 1. The first-order chi connectivity index (χ1) is 11.0. The molecule has 6 heteroatoms. The molecule has 2 fully saturated rings. The van der Waals surface area contributed by atoms with E-state index in [4.69, 9.17) is 0 Å². The number of sulfonamides is 1. The van der Waals surface area contributed by atoms with Crippen LogP contribution in [0, 0.1) is 0 Å². The number of carbonyl (C=O) groups is 1. The zero-order valence-corrected chi connectivity index (χ0v) is 14.3. The Morgan fingerprint density at radius 3 is 2.35 bits per heavy atom. The molecule has 1 N–H and O–H groups in total. The fourth-order valence-corrected chi connectivity index (χ4v) is 4.39. The van der Waals surface area contributed by atoms with E-state index in [1.807, 2.05) is 30.3 Å². The second-order valence-corrected chi connectivity index (χ2v) is 8.75. The van der Waals surface area contributed by atoms with Crippen LogP contribution in [0.2, 0.25) is 0 Å². The molecule has 1 saturated heterocycles. The lowest BCUT2D eigenvalue weighted by Crippen LogP contribution is -2.53. The number of nitrogens with one attached hydrogen (secondary N) is 1. The average molecular weight is 336 g/mol. The van der Waals surface area contributed by atoms with E-state index < -0.39 is 15.4 Å². The number of piperidine rings is 1. The zero-order valence-electron chi connectivity index (χ0n) is 13.5. The molecule has 0 radical (unpaired) electrons. The van der Waals surface area contributed by atoms with Gasteiger partial charge in [-0.3, -0.25) is 4.79 Å². The summed E-state index contributed by atoms with van der Waals surface area (Å²) >= 11 is 0. The summed E-state index contributed by atoms with van der Waals surface area (Å²) in [6, 6.07) is 10.1. The predicted octanol–water partition coefficient (Wildman–Crippen LogP) is 1.65. The van der Waals surface area contributed by atoms with Gasteiger partial charge in [0.05, 0.1) is 11.2 Å². The minimum atomic E-state index is -3.19. The normalized spacial score (nSPS) is 21.8. The van der Waals surface area contributed by atoms with E-state index in [9.17, 15) is 13.2 Å². The fourth-order valence-electron chi connectivity index (χ4n) is 3.28. The third kappa shape index (κ3) is 3.28. The molecular formula is C17H24N2O3S. The number of nitrogens with zero attached hydrogens (tertiary/aromatic N) is 1. The molecule has 2 aliphatic rings. The molecule has 1 aromatic carbocycles. The van der Waals surface area contributed by atoms with Gasteiger partial charge in [0.15, 0.2) is 0 Å². The monoisotopic (exact) mass is 336 g/mol. The Kier molecular flexibility index (Phi) is 4.47. The molecule has 0 bridgehead atoms. The van der Waals surface area contributed by atoms with Crippen molar-refractivity contribution in [1.29, 1.82) is 0 Å². The fraction of sp³-hybridized carbons (Fsp3) is 0.588. The first kappa shape index (κ1) is 16.5. The molecule has 1 aromatic rings. The van der Waals surface area contributed by atoms with Crippen LogP contribution < -0.4 is 5.32 Å². The Hall–Kier alpha value is -1.40. The van der Waals surface area contributed by atoms with Crippen molar-refractivity contribution >= 4 is 15.9 Å². The van der Waals surface area contributed by atoms with E-state index in [1.165, 1.54) is 4.31 Å². The van der Waals surface area contributed by atoms with Crippen LogP contribution in [-0.4, -0.2) is 43.5 Å². The molecule has 0 spiro atoms. The predicted molar refractivity (Wildman–Crippen MR) is 89.6 cm³/mol. The maximum atomic E-state index is 12.9. The van der Waals surface area contributed by atoms with E-state index in [1.54, 1.807) is 6.92 Å². The van der Waals surface area contributed by atoms with Crippen molar-refractivity contribution < 1.29 is 13.2 Å².